The fraction of sp³-hybridized carbons (Fsp3) is 0. The predicted octanol–water partition coefficient (Wildman–Crippen LogP) is 20.5. The maximum Gasteiger partial charge on any atom is 0.166 e. The summed E-state index contributed by atoms with van der Waals surface area (Å²) < 4.78 is 0. The molecule has 0 aromatic heterocycles. The first-order valence-corrected chi connectivity index (χ1v) is 29.5. The van der Waals surface area contributed by atoms with Crippen LogP contribution in [-0.4, -0.2) is 0 Å². The molecule has 2 atom stereocenters. The lowest BCUT2D eigenvalue weighted by molar-refractivity contribution is 1.28. The van der Waals surface area contributed by atoms with Crippen LogP contribution in [0.25, 0.3) is 44.5 Å². The number of hydrogen-bond donors (Lipinski definition) is 0. The van der Waals surface area contributed by atoms with Crippen molar-refractivity contribution in [1.29, 1.82) is 0 Å². The van der Waals surface area contributed by atoms with Gasteiger partial charge in [-0.15, -0.1) is 0 Å². The molecule has 0 saturated carbocycles. The van der Waals surface area contributed by atoms with E-state index in [9.17, 15) is 0 Å². The lowest BCUT2D eigenvalue weighted by Gasteiger charge is -2.10. The molecule has 0 nitrogen and oxygen atoms in total. The van der Waals surface area contributed by atoms with Crippen LogP contribution < -0.4 is 0 Å². The van der Waals surface area contributed by atoms with Gasteiger partial charge in [-0.2, -0.15) is 0 Å². The maximum absolute atomic E-state index is 2.29. The number of hydrogen-bond acceptors (Lipinski definition) is 2. The van der Waals surface area contributed by atoms with Crippen LogP contribution in [0.15, 0.2) is 377 Å². The van der Waals surface area contributed by atoms with E-state index in [-0.39, 0.29) is 21.8 Å². The summed E-state index contributed by atoms with van der Waals surface area (Å²) in [4.78, 5) is 13.0. The zero-order valence-corrected chi connectivity index (χ0v) is 45.1. The van der Waals surface area contributed by atoms with E-state index in [1.807, 2.05) is 0 Å². The van der Waals surface area contributed by atoms with Crippen molar-refractivity contribution in [2.75, 3.05) is 0 Å². The van der Waals surface area contributed by atoms with Crippen LogP contribution in [0.5, 0.6) is 0 Å². The minimum atomic E-state index is -0.168. The molecule has 364 valence electrons. The molecule has 0 aliphatic carbocycles. The van der Waals surface area contributed by atoms with E-state index in [1.54, 1.807) is 23.5 Å². The Morgan fingerprint density at radius 1 is 0.145 bits per heavy atom. The van der Waals surface area contributed by atoms with Crippen molar-refractivity contribution >= 4 is 45.3 Å². The molecule has 0 amide bonds. The Balaban J connectivity index is 0.000000162. The standard InChI is InChI=1S/2C36H27S2/c2*1-4-10-28(11-5-1)30-16-20-32(21-17-30)37-33-22-26-36(27-23-33)38(34-14-8-3-9-15-34)35-24-18-31(19-25-35)29-12-6-2-7-13-29/h2*1-27H/q2*+1. The smallest absolute Gasteiger partial charge is 0.0901 e. The highest BCUT2D eigenvalue weighted by Crippen LogP contribution is 2.38. The first-order chi connectivity index (χ1) is 37.7. The largest absolute Gasteiger partial charge is 0.166 e. The van der Waals surface area contributed by atoms with Crippen LogP contribution in [0.4, 0.5) is 0 Å². The van der Waals surface area contributed by atoms with Gasteiger partial charge in [-0.1, -0.05) is 206 Å². The van der Waals surface area contributed by atoms with Crippen molar-refractivity contribution in [3.8, 4) is 44.5 Å². The number of benzene rings is 12. The molecule has 0 aliphatic heterocycles. The molecule has 4 heteroatoms. The van der Waals surface area contributed by atoms with Gasteiger partial charge in [0, 0.05) is 19.6 Å². The van der Waals surface area contributed by atoms with Crippen molar-refractivity contribution in [3.05, 3.63) is 328 Å². The average Bonchev–Trinajstić information content (AvgIpc) is 3.51. The Morgan fingerprint density at radius 2 is 0.303 bits per heavy atom. The van der Waals surface area contributed by atoms with Crippen molar-refractivity contribution in [2.24, 2.45) is 0 Å². The second-order valence-corrected chi connectivity index (χ2v) is 24.3. The lowest BCUT2D eigenvalue weighted by Crippen LogP contribution is -2.04. The third-order valence-electron chi connectivity index (χ3n) is 12.9. The summed E-state index contributed by atoms with van der Waals surface area (Å²) in [5.41, 5.74) is 9.97. The van der Waals surface area contributed by atoms with Crippen molar-refractivity contribution < 1.29 is 0 Å². The molecule has 76 heavy (non-hydrogen) atoms. The van der Waals surface area contributed by atoms with Gasteiger partial charge >= 0.3 is 0 Å². The molecule has 0 N–H and O–H groups in total. The fourth-order valence-electron chi connectivity index (χ4n) is 9.01. The molecule has 0 saturated heterocycles. The first-order valence-electron chi connectivity index (χ1n) is 25.4. The quantitative estimate of drug-likeness (QED) is 0.0996. The second kappa shape index (κ2) is 25.0. The zero-order valence-electron chi connectivity index (χ0n) is 41.8. The van der Waals surface area contributed by atoms with E-state index in [4.69, 9.17) is 0 Å². The van der Waals surface area contributed by atoms with E-state index in [1.165, 1.54) is 93.5 Å². The summed E-state index contributed by atoms with van der Waals surface area (Å²) in [5, 5.41) is 0. The molecule has 0 fully saturated rings. The van der Waals surface area contributed by atoms with Gasteiger partial charge in [0.15, 0.2) is 29.4 Å². The highest BCUT2D eigenvalue weighted by Gasteiger charge is 2.30. The van der Waals surface area contributed by atoms with Gasteiger partial charge in [-0.05, 0) is 190 Å². The molecule has 0 spiro atoms. The topological polar surface area (TPSA) is 0 Å². The van der Waals surface area contributed by atoms with E-state index in [0.29, 0.717) is 0 Å². The van der Waals surface area contributed by atoms with Gasteiger partial charge in [0.1, 0.15) is 0 Å². The van der Waals surface area contributed by atoms with E-state index < -0.39 is 0 Å². The Kier molecular flexibility index (Phi) is 16.5. The summed E-state index contributed by atoms with van der Waals surface area (Å²) in [6, 6.07) is 118. The Morgan fingerprint density at radius 3 is 0.539 bits per heavy atom. The van der Waals surface area contributed by atoms with E-state index in [2.05, 4.69) is 328 Å². The normalized spacial score (nSPS) is 11.7. The minimum Gasteiger partial charge on any atom is -0.0901 e. The Bertz CT molecular complexity index is 3400. The van der Waals surface area contributed by atoms with Crippen LogP contribution >= 0.6 is 23.5 Å². The third kappa shape index (κ3) is 12.7. The summed E-state index contributed by atoms with van der Waals surface area (Å²) in [5.74, 6) is 0. The summed E-state index contributed by atoms with van der Waals surface area (Å²) in [6.45, 7) is 0. The van der Waals surface area contributed by atoms with Gasteiger partial charge < -0.3 is 0 Å². The van der Waals surface area contributed by atoms with Crippen LogP contribution in [0, 0.1) is 0 Å². The summed E-state index contributed by atoms with van der Waals surface area (Å²) in [6.07, 6.45) is 0. The molecule has 12 aromatic rings. The Hall–Kier alpha value is -7.96. The molecule has 0 radical (unpaired) electrons. The summed E-state index contributed by atoms with van der Waals surface area (Å²) in [7, 11) is -0.335. The molecule has 12 aromatic carbocycles. The molecule has 0 bridgehead atoms. The first kappa shape index (κ1) is 50.2. The van der Waals surface area contributed by atoms with E-state index in [0.717, 1.165) is 0 Å². The summed E-state index contributed by atoms with van der Waals surface area (Å²) >= 11 is 3.61. The highest BCUT2D eigenvalue weighted by molar-refractivity contribution is 7.99. The minimum absolute atomic E-state index is 0.168. The predicted molar refractivity (Wildman–Crippen MR) is 326 cm³/mol. The van der Waals surface area contributed by atoms with E-state index >= 15 is 0 Å². The molecule has 2 unspecified atom stereocenters. The van der Waals surface area contributed by atoms with Crippen molar-refractivity contribution in [1.82, 2.24) is 0 Å². The zero-order chi connectivity index (χ0) is 51.1. The average molecular weight is 1050 g/mol. The van der Waals surface area contributed by atoms with Crippen molar-refractivity contribution in [3.63, 3.8) is 0 Å². The van der Waals surface area contributed by atoms with Gasteiger partial charge in [-0.25, -0.2) is 0 Å². The van der Waals surface area contributed by atoms with Gasteiger partial charge in [0.25, 0.3) is 0 Å². The third-order valence-corrected chi connectivity index (χ3v) is 19.4. The van der Waals surface area contributed by atoms with Gasteiger partial charge in [0.05, 0.1) is 21.8 Å². The van der Waals surface area contributed by atoms with Crippen LogP contribution in [0.1, 0.15) is 0 Å². The van der Waals surface area contributed by atoms with Gasteiger partial charge in [0.2, 0.25) is 0 Å². The molecular weight excluding hydrogens is 993 g/mol. The molecule has 12 rings (SSSR count). The SMILES string of the molecule is c1ccc(-c2ccc(Sc3ccc([S+](c4ccccc4)c4ccc(-c5ccccc5)cc4)cc3)cc2)cc1.c1ccc(-c2ccc(Sc3ccc([S+](c4ccccc4)c4ccc(-c5ccccc5)cc4)cc3)cc2)cc1. The number of rotatable bonds is 14. The highest BCUT2D eigenvalue weighted by atomic mass is 32.2. The van der Waals surface area contributed by atoms with Crippen molar-refractivity contribution in [2.45, 2.75) is 49.0 Å². The lowest BCUT2D eigenvalue weighted by atomic mass is 10.1. The van der Waals surface area contributed by atoms with Crippen LogP contribution in [0.2, 0.25) is 0 Å². The molecule has 0 aliphatic rings. The monoisotopic (exact) mass is 1050 g/mol. The molecule has 0 heterocycles. The van der Waals surface area contributed by atoms with Crippen LogP contribution in [-0.2, 0) is 21.8 Å². The Labute approximate surface area is 462 Å². The second-order valence-electron chi connectivity index (χ2n) is 17.9. The van der Waals surface area contributed by atoms with Crippen LogP contribution in [0.3, 0.4) is 0 Å². The van der Waals surface area contributed by atoms with Gasteiger partial charge in [-0.3, -0.25) is 0 Å². The maximum atomic E-state index is 2.29. The molecular formula is C72H54S4+2. The fourth-order valence-corrected chi connectivity index (χ4v) is 14.8.